The van der Waals surface area contributed by atoms with E-state index >= 15 is 0 Å². The minimum absolute atomic E-state index is 0.215. The Balaban J connectivity index is 2.04. The van der Waals surface area contributed by atoms with E-state index < -0.39 is 12.2 Å². The Morgan fingerprint density at radius 1 is 1.10 bits per heavy atom. The van der Waals surface area contributed by atoms with Gasteiger partial charge in [-0.3, -0.25) is 0 Å². The second-order valence-electron chi connectivity index (χ2n) is 4.21. The topological polar surface area (TPSA) is 21.3 Å². The van der Waals surface area contributed by atoms with Crippen molar-refractivity contribution in [1.29, 1.82) is 0 Å². The van der Waals surface area contributed by atoms with E-state index in [0.717, 1.165) is 0 Å². The Morgan fingerprint density at radius 3 is 2.52 bits per heavy atom. The molecule has 0 aromatic heterocycles. The van der Waals surface area contributed by atoms with Crippen LogP contribution in [0.1, 0.15) is 5.56 Å². The van der Waals surface area contributed by atoms with Crippen LogP contribution in [-0.2, 0) is 6.54 Å². The highest BCUT2D eigenvalue weighted by molar-refractivity contribution is 6.30. The highest BCUT2D eigenvalue weighted by Gasteiger charge is 2.31. The minimum atomic E-state index is -4.74. The molecule has 0 radical (unpaired) electrons. The van der Waals surface area contributed by atoms with E-state index in [9.17, 15) is 17.6 Å². The lowest BCUT2D eigenvalue weighted by molar-refractivity contribution is -0.274. The third-order valence-electron chi connectivity index (χ3n) is 2.49. The molecule has 2 aromatic rings. The van der Waals surface area contributed by atoms with E-state index in [4.69, 9.17) is 11.6 Å². The Hall–Kier alpha value is -1.95. The van der Waals surface area contributed by atoms with Crippen molar-refractivity contribution < 1.29 is 22.3 Å². The van der Waals surface area contributed by atoms with Crippen molar-refractivity contribution in [2.75, 3.05) is 5.32 Å². The molecule has 0 atom stereocenters. The van der Waals surface area contributed by atoms with Crippen molar-refractivity contribution in [2.45, 2.75) is 12.9 Å². The lowest BCUT2D eigenvalue weighted by Gasteiger charge is -2.11. The van der Waals surface area contributed by atoms with E-state index in [0.29, 0.717) is 11.3 Å². The molecule has 0 amide bonds. The van der Waals surface area contributed by atoms with Gasteiger partial charge in [-0.1, -0.05) is 17.7 Å². The lowest BCUT2D eigenvalue weighted by atomic mass is 10.2. The van der Waals surface area contributed by atoms with Crippen LogP contribution in [0.2, 0.25) is 5.02 Å². The first-order valence-corrected chi connectivity index (χ1v) is 6.24. The van der Waals surface area contributed by atoms with Crippen LogP contribution in [-0.4, -0.2) is 6.36 Å². The molecule has 2 aromatic carbocycles. The van der Waals surface area contributed by atoms with E-state index in [-0.39, 0.29) is 17.3 Å². The molecule has 0 saturated carbocycles. The van der Waals surface area contributed by atoms with E-state index in [2.05, 4.69) is 10.1 Å². The molecule has 0 fully saturated rings. The zero-order valence-electron chi connectivity index (χ0n) is 10.5. The van der Waals surface area contributed by atoms with Crippen LogP contribution < -0.4 is 10.1 Å². The number of nitrogens with one attached hydrogen (secondary N) is 1. The van der Waals surface area contributed by atoms with Gasteiger partial charge in [0.25, 0.3) is 0 Å². The lowest BCUT2D eigenvalue weighted by Crippen LogP contribution is -2.17. The number of alkyl halides is 3. The number of hydrogen-bond acceptors (Lipinski definition) is 2. The summed E-state index contributed by atoms with van der Waals surface area (Å²) >= 11 is 5.72. The third kappa shape index (κ3) is 5.15. The molecule has 112 valence electrons. The molecule has 0 saturated heterocycles. The maximum absolute atomic E-state index is 13.1. The highest BCUT2D eigenvalue weighted by Crippen LogP contribution is 2.25. The second kappa shape index (κ2) is 6.22. The largest absolute Gasteiger partial charge is 0.573 e. The zero-order valence-corrected chi connectivity index (χ0v) is 11.3. The van der Waals surface area contributed by atoms with Crippen molar-refractivity contribution >= 4 is 17.3 Å². The van der Waals surface area contributed by atoms with Gasteiger partial charge in [-0.25, -0.2) is 4.39 Å². The predicted molar refractivity (Wildman–Crippen MR) is 71.9 cm³/mol. The summed E-state index contributed by atoms with van der Waals surface area (Å²) in [5.74, 6) is -0.807. The molecule has 0 spiro atoms. The maximum atomic E-state index is 13.1. The quantitative estimate of drug-likeness (QED) is 0.802. The molecule has 0 unspecified atom stereocenters. The fourth-order valence-corrected chi connectivity index (χ4v) is 1.96. The van der Waals surface area contributed by atoms with Crippen LogP contribution in [0.4, 0.5) is 23.2 Å². The molecule has 2 rings (SSSR count). The monoisotopic (exact) mass is 319 g/mol. The summed E-state index contributed by atoms with van der Waals surface area (Å²) in [4.78, 5) is 0. The van der Waals surface area contributed by atoms with Gasteiger partial charge in [0.1, 0.15) is 11.6 Å². The third-order valence-corrected chi connectivity index (χ3v) is 2.70. The van der Waals surface area contributed by atoms with Crippen molar-refractivity contribution in [3.8, 4) is 5.75 Å². The summed E-state index contributed by atoms with van der Waals surface area (Å²) in [5.41, 5.74) is 0.985. The molecular formula is C14H10ClF4NO. The minimum Gasteiger partial charge on any atom is -0.406 e. The second-order valence-corrected chi connectivity index (χ2v) is 4.64. The van der Waals surface area contributed by atoms with Gasteiger partial charge in [0.2, 0.25) is 0 Å². The Kier molecular flexibility index (Phi) is 4.57. The van der Waals surface area contributed by atoms with E-state index in [1.807, 2.05) is 0 Å². The average molecular weight is 320 g/mol. The number of anilines is 1. The average Bonchev–Trinajstić information content (AvgIpc) is 2.33. The van der Waals surface area contributed by atoms with Crippen LogP contribution in [0.5, 0.6) is 5.75 Å². The van der Waals surface area contributed by atoms with E-state index in [1.165, 1.54) is 30.3 Å². The van der Waals surface area contributed by atoms with Gasteiger partial charge < -0.3 is 10.1 Å². The van der Waals surface area contributed by atoms with Crippen molar-refractivity contribution in [1.82, 2.24) is 0 Å². The van der Waals surface area contributed by atoms with Gasteiger partial charge in [0.15, 0.2) is 0 Å². The predicted octanol–water partition coefficient (Wildman–Crippen LogP) is 4.99. The fraction of sp³-hybridized carbons (Fsp3) is 0.143. The van der Waals surface area contributed by atoms with Gasteiger partial charge in [-0.2, -0.15) is 0 Å². The summed E-state index contributed by atoms with van der Waals surface area (Å²) in [6.07, 6.45) is -4.74. The van der Waals surface area contributed by atoms with E-state index in [1.54, 1.807) is 12.1 Å². The first-order chi connectivity index (χ1) is 9.82. The molecular weight excluding hydrogens is 310 g/mol. The molecule has 0 bridgehead atoms. The van der Waals surface area contributed by atoms with Gasteiger partial charge in [0, 0.05) is 23.3 Å². The normalized spacial score (nSPS) is 11.3. The first-order valence-electron chi connectivity index (χ1n) is 5.86. The number of ether oxygens (including phenoxy) is 1. The van der Waals surface area contributed by atoms with Crippen molar-refractivity contribution in [3.05, 3.63) is 58.9 Å². The van der Waals surface area contributed by atoms with Gasteiger partial charge >= 0.3 is 6.36 Å². The van der Waals surface area contributed by atoms with Gasteiger partial charge in [-0.15, -0.1) is 13.2 Å². The Morgan fingerprint density at radius 2 is 1.86 bits per heavy atom. The number of hydrogen-bond donors (Lipinski definition) is 1. The Labute approximate surface area is 123 Å². The van der Waals surface area contributed by atoms with Crippen LogP contribution in [0.15, 0.2) is 42.5 Å². The molecule has 7 heteroatoms. The number of benzene rings is 2. The standard InChI is InChI=1S/C14H10ClF4NO/c15-10-4-9(5-11(16)6-10)8-20-12-2-1-3-13(7-12)21-14(17,18)19/h1-7,20H,8H2. The molecule has 0 heterocycles. The first kappa shape index (κ1) is 15.4. The van der Waals surface area contributed by atoms with Crippen LogP contribution in [0.25, 0.3) is 0 Å². The van der Waals surface area contributed by atoms with Crippen molar-refractivity contribution in [3.63, 3.8) is 0 Å². The summed E-state index contributed by atoms with van der Waals surface area (Å²) in [6, 6.07) is 9.41. The van der Waals surface area contributed by atoms with Crippen LogP contribution in [0.3, 0.4) is 0 Å². The van der Waals surface area contributed by atoms with Crippen molar-refractivity contribution in [2.24, 2.45) is 0 Å². The molecule has 0 aliphatic carbocycles. The number of rotatable bonds is 4. The van der Waals surface area contributed by atoms with Crippen LogP contribution >= 0.6 is 11.6 Å². The Bertz CT molecular complexity index is 610. The van der Waals surface area contributed by atoms with Gasteiger partial charge in [0.05, 0.1) is 0 Å². The number of halogens is 5. The molecule has 0 aliphatic rings. The molecule has 1 N–H and O–H groups in total. The smallest absolute Gasteiger partial charge is 0.406 e. The molecule has 2 nitrogen and oxygen atoms in total. The highest BCUT2D eigenvalue weighted by atomic mass is 35.5. The fourth-order valence-electron chi connectivity index (χ4n) is 1.72. The summed E-state index contributed by atoms with van der Waals surface area (Å²) in [6.45, 7) is 0.215. The van der Waals surface area contributed by atoms with Crippen LogP contribution in [0, 0.1) is 5.82 Å². The SMILES string of the molecule is Fc1cc(Cl)cc(CNc2cccc(OC(F)(F)F)c2)c1. The van der Waals surface area contributed by atoms with Gasteiger partial charge in [-0.05, 0) is 35.9 Å². The summed E-state index contributed by atoms with van der Waals surface area (Å²) in [7, 11) is 0. The zero-order chi connectivity index (χ0) is 15.5. The molecule has 0 aliphatic heterocycles. The maximum Gasteiger partial charge on any atom is 0.573 e. The summed E-state index contributed by atoms with van der Waals surface area (Å²) < 4.78 is 53.3. The molecule has 21 heavy (non-hydrogen) atoms. The summed E-state index contributed by atoms with van der Waals surface area (Å²) in [5, 5.41) is 3.12.